The number of rotatable bonds is 6. The molecule has 0 aromatic heterocycles. The molecule has 0 spiro atoms. The molecule has 2 rings (SSSR count). The third-order valence-corrected chi connectivity index (χ3v) is 3.37. The minimum atomic E-state index is -0.453. The molecule has 0 amide bonds. The van der Waals surface area contributed by atoms with Crippen LogP contribution in [0.2, 0.25) is 5.02 Å². The number of hydrogen-bond donors (Lipinski definition) is 1. The van der Waals surface area contributed by atoms with E-state index in [0.29, 0.717) is 30.0 Å². The molecule has 2 aromatic rings. The molecule has 21 heavy (non-hydrogen) atoms. The summed E-state index contributed by atoms with van der Waals surface area (Å²) < 4.78 is 24.4. The van der Waals surface area contributed by atoms with Crippen molar-refractivity contribution in [1.82, 2.24) is 0 Å². The van der Waals surface area contributed by atoms with Gasteiger partial charge in [0.25, 0.3) is 0 Å². The van der Waals surface area contributed by atoms with Gasteiger partial charge in [-0.15, -0.1) is 0 Å². The predicted molar refractivity (Wildman–Crippen MR) is 81.5 cm³/mol. The average Bonchev–Trinajstić information content (AvgIpc) is 2.50. The molecular weight excluding hydrogens is 293 g/mol. The predicted octanol–water partition coefficient (Wildman–Crippen LogP) is 3.57. The molecule has 0 aliphatic heterocycles. The van der Waals surface area contributed by atoms with Gasteiger partial charge in [-0.2, -0.15) is 0 Å². The summed E-state index contributed by atoms with van der Waals surface area (Å²) in [5, 5.41) is 0.101. The molecule has 2 aromatic carbocycles. The molecular formula is C16H17ClFNO2. The Balaban J connectivity index is 2.15. The van der Waals surface area contributed by atoms with Crippen LogP contribution < -0.4 is 15.2 Å². The molecule has 0 atom stereocenters. The van der Waals surface area contributed by atoms with Gasteiger partial charge in [-0.1, -0.05) is 23.7 Å². The number of halogens is 2. The Hall–Kier alpha value is -1.78. The minimum Gasteiger partial charge on any atom is -0.497 e. The second kappa shape index (κ2) is 7.29. The molecule has 0 heterocycles. The fourth-order valence-corrected chi connectivity index (χ4v) is 2.07. The van der Waals surface area contributed by atoms with Crippen LogP contribution in [-0.4, -0.2) is 13.7 Å². The van der Waals surface area contributed by atoms with Crippen LogP contribution in [0.4, 0.5) is 4.39 Å². The molecule has 112 valence electrons. The van der Waals surface area contributed by atoms with E-state index < -0.39 is 5.82 Å². The Morgan fingerprint density at radius 3 is 2.67 bits per heavy atom. The van der Waals surface area contributed by atoms with Gasteiger partial charge in [0.1, 0.15) is 23.9 Å². The first-order chi connectivity index (χ1) is 10.1. The van der Waals surface area contributed by atoms with Gasteiger partial charge in [-0.3, -0.25) is 0 Å². The number of ether oxygens (including phenoxy) is 2. The molecule has 0 saturated heterocycles. The summed E-state index contributed by atoms with van der Waals surface area (Å²) in [5.41, 5.74) is 7.29. The van der Waals surface area contributed by atoms with E-state index in [9.17, 15) is 4.39 Å². The molecule has 0 unspecified atom stereocenters. The van der Waals surface area contributed by atoms with Crippen molar-refractivity contribution in [3.05, 3.63) is 58.4 Å². The maximum Gasteiger partial charge on any atom is 0.142 e. The van der Waals surface area contributed by atoms with Crippen LogP contribution >= 0.6 is 11.6 Å². The van der Waals surface area contributed by atoms with Gasteiger partial charge in [0.05, 0.1) is 12.1 Å². The van der Waals surface area contributed by atoms with E-state index in [2.05, 4.69) is 0 Å². The van der Waals surface area contributed by atoms with Crippen molar-refractivity contribution >= 4 is 11.6 Å². The van der Waals surface area contributed by atoms with Gasteiger partial charge in [-0.05, 0) is 42.3 Å². The van der Waals surface area contributed by atoms with Crippen molar-refractivity contribution in [3.8, 4) is 11.5 Å². The summed E-state index contributed by atoms with van der Waals surface area (Å²) in [7, 11) is 1.59. The highest BCUT2D eigenvalue weighted by molar-refractivity contribution is 6.30. The Bertz CT molecular complexity index is 619. The Kier molecular flexibility index (Phi) is 5.42. The molecule has 2 N–H and O–H groups in total. The van der Waals surface area contributed by atoms with Crippen molar-refractivity contribution in [2.45, 2.75) is 13.0 Å². The van der Waals surface area contributed by atoms with E-state index >= 15 is 0 Å². The van der Waals surface area contributed by atoms with Gasteiger partial charge in [0.2, 0.25) is 0 Å². The first kappa shape index (κ1) is 15.6. The van der Waals surface area contributed by atoms with Gasteiger partial charge < -0.3 is 15.2 Å². The van der Waals surface area contributed by atoms with E-state index in [0.717, 1.165) is 5.56 Å². The highest BCUT2D eigenvalue weighted by Gasteiger charge is 2.07. The molecule has 0 aliphatic rings. The Morgan fingerprint density at radius 2 is 2.00 bits per heavy atom. The van der Waals surface area contributed by atoms with Crippen LogP contribution in [0.5, 0.6) is 11.5 Å². The van der Waals surface area contributed by atoms with Crippen LogP contribution in [-0.2, 0) is 13.0 Å². The maximum absolute atomic E-state index is 13.4. The molecule has 0 aliphatic carbocycles. The van der Waals surface area contributed by atoms with Crippen LogP contribution in [0.1, 0.15) is 11.1 Å². The Labute approximate surface area is 128 Å². The highest BCUT2D eigenvalue weighted by Crippen LogP contribution is 2.26. The van der Waals surface area contributed by atoms with Crippen LogP contribution in [0.15, 0.2) is 36.4 Å². The molecule has 0 radical (unpaired) electrons. The summed E-state index contributed by atoms with van der Waals surface area (Å²) in [5.74, 6) is 0.939. The van der Waals surface area contributed by atoms with Crippen LogP contribution in [0.25, 0.3) is 0 Å². The molecule has 0 saturated carbocycles. The van der Waals surface area contributed by atoms with E-state index in [1.54, 1.807) is 19.2 Å². The third-order valence-electron chi connectivity index (χ3n) is 3.07. The van der Waals surface area contributed by atoms with Crippen molar-refractivity contribution in [2.75, 3.05) is 13.7 Å². The SMILES string of the molecule is COc1ccc(CCN)c(OCc2ccc(Cl)c(F)c2)c1. The lowest BCUT2D eigenvalue weighted by molar-refractivity contribution is 0.300. The van der Waals surface area contributed by atoms with E-state index in [4.69, 9.17) is 26.8 Å². The lowest BCUT2D eigenvalue weighted by Crippen LogP contribution is -2.06. The highest BCUT2D eigenvalue weighted by atomic mass is 35.5. The normalized spacial score (nSPS) is 10.5. The largest absolute Gasteiger partial charge is 0.497 e. The summed E-state index contributed by atoms with van der Waals surface area (Å²) in [6, 6.07) is 10.2. The summed E-state index contributed by atoms with van der Waals surface area (Å²) in [6.45, 7) is 0.775. The second-order valence-corrected chi connectivity index (χ2v) is 4.96. The Morgan fingerprint density at radius 1 is 1.19 bits per heavy atom. The first-order valence-electron chi connectivity index (χ1n) is 6.57. The van der Waals surface area contributed by atoms with Crippen LogP contribution in [0.3, 0.4) is 0 Å². The standard InChI is InChI=1S/C16H17ClFNO2/c1-20-13-4-3-12(6-7-19)16(9-13)21-10-11-2-5-14(17)15(18)8-11/h2-5,8-9H,6-7,10,19H2,1H3. The molecule has 0 fully saturated rings. The second-order valence-electron chi connectivity index (χ2n) is 4.55. The van der Waals surface area contributed by atoms with Crippen molar-refractivity contribution in [1.29, 1.82) is 0 Å². The van der Waals surface area contributed by atoms with Gasteiger partial charge in [-0.25, -0.2) is 4.39 Å². The number of methoxy groups -OCH3 is 1. The zero-order valence-electron chi connectivity index (χ0n) is 11.7. The monoisotopic (exact) mass is 309 g/mol. The summed E-state index contributed by atoms with van der Waals surface area (Å²) in [6.07, 6.45) is 0.703. The molecule has 0 bridgehead atoms. The van der Waals surface area contributed by atoms with Gasteiger partial charge in [0, 0.05) is 6.07 Å². The van der Waals surface area contributed by atoms with Gasteiger partial charge >= 0.3 is 0 Å². The van der Waals surface area contributed by atoms with E-state index in [-0.39, 0.29) is 11.6 Å². The zero-order valence-corrected chi connectivity index (χ0v) is 12.5. The smallest absolute Gasteiger partial charge is 0.142 e. The quantitative estimate of drug-likeness (QED) is 0.887. The number of nitrogens with two attached hydrogens (primary N) is 1. The lowest BCUT2D eigenvalue weighted by Gasteiger charge is -2.13. The molecule has 5 heteroatoms. The van der Waals surface area contributed by atoms with Crippen molar-refractivity contribution in [3.63, 3.8) is 0 Å². The fraction of sp³-hybridized carbons (Fsp3) is 0.250. The fourth-order valence-electron chi connectivity index (χ4n) is 1.95. The topological polar surface area (TPSA) is 44.5 Å². The lowest BCUT2D eigenvalue weighted by atomic mass is 10.1. The number of hydrogen-bond acceptors (Lipinski definition) is 3. The molecule has 3 nitrogen and oxygen atoms in total. The maximum atomic E-state index is 13.4. The van der Waals surface area contributed by atoms with Crippen molar-refractivity contribution < 1.29 is 13.9 Å². The summed E-state index contributed by atoms with van der Waals surface area (Å²) in [4.78, 5) is 0. The minimum absolute atomic E-state index is 0.101. The van der Waals surface area contributed by atoms with E-state index in [1.165, 1.54) is 12.1 Å². The average molecular weight is 310 g/mol. The van der Waals surface area contributed by atoms with Gasteiger partial charge in [0.15, 0.2) is 0 Å². The number of benzene rings is 2. The first-order valence-corrected chi connectivity index (χ1v) is 6.95. The van der Waals surface area contributed by atoms with Crippen molar-refractivity contribution in [2.24, 2.45) is 5.73 Å². The van der Waals surface area contributed by atoms with E-state index in [1.807, 2.05) is 12.1 Å². The third kappa shape index (κ3) is 4.09. The summed E-state index contributed by atoms with van der Waals surface area (Å²) >= 11 is 5.66. The van der Waals surface area contributed by atoms with Crippen LogP contribution in [0, 0.1) is 5.82 Å². The zero-order chi connectivity index (χ0) is 15.2.